The van der Waals surface area contributed by atoms with E-state index < -0.39 is 0 Å². The van der Waals surface area contributed by atoms with Gasteiger partial charge in [0.15, 0.2) is 0 Å². The van der Waals surface area contributed by atoms with Crippen molar-refractivity contribution in [1.29, 1.82) is 0 Å². The van der Waals surface area contributed by atoms with Gasteiger partial charge in [0.25, 0.3) is 0 Å². The first kappa shape index (κ1) is 12.7. The minimum absolute atomic E-state index is 0.330. The Labute approximate surface area is 95.2 Å². The van der Waals surface area contributed by atoms with E-state index >= 15 is 0 Å². The number of aliphatic hydroxyl groups is 1. The van der Waals surface area contributed by atoms with Crippen molar-refractivity contribution in [3.8, 4) is 0 Å². The van der Waals surface area contributed by atoms with Crippen molar-refractivity contribution in [2.75, 3.05) is 13.7 Å². The number of benzene rings is 1. The third kappa shape index (κ3) is 4.00. The Hall–Kier alpha value is -1.39. The van der Waals surface area contributed by atoms with Crippen LogP contribution in [0.1, 0.15) is 22.8 Å². The van der Waals surface area contributed by atoms with Crippen molar-refractivity contribution in [2.45, 2.75) is 19.6 Å². The Morgan fingerprint density at radius 1 is 1.44 bits per heavy atom. The second kappa shape index (κ2) is 6.25. The minimum Gasteiger partial charge on any atom is -0.465 e. The van der Waals surface area contributed by atoms with Gasteiger partial charge in [-0.1, -0.05) is 12.1 Å². The second-order valence-electron chi connectivity index (χ2n) is 3.67. The molecule has 0 aromatic heterocycles. The summed E-state index contributed by atoms with van der Waals surface area (Å²) in [7, 11) is 1.36. The van der Waals surface area contributed by atoms with Crippen LogP contribution >= 0.6 is 0 Å². The maximum atomic E-state index is 11.2. The molecule has 1 aromatic carbocycles. The highest BCUT2D eigenvalue weighted by Crippen LogP contribution is 2.05. The number of rotatable bonds is 5. The van der Waals surface area contributed by atoms with E-state index in [0.717, 1.165) is 5.56 Å². The maximum Gasteiger partial charge on any atom is 0.337 e. The smallest absolute Gasteiger partial charge is 0.337 e. The lowest BCUT2D eigenvalue weighted by Crippen LogP contribution is -2.23. The molecule has 88 valence electrons. The quantitative estimate of drug-likeness (QED) is 0.729. The molecule has 16 heavy (non-hydrogen) atoms. The lowest BCUT2D eigenvalue weighted by atomic mass is 10.1. The van der Waals surface area contributed by atoms with Gasteiger partial charge in [-0.05, 0) is 24.6 Å². The normalized spacial score (nSPS) is 12.2. The van der Waals surface area contributed by atoms with Crippen molar-refractivity contribution in [3.05, 3.63) is 35.4 Å². The summed E-state index contributed by atoms with van der Waals surface area (Å²) < 4.78 is 4.60. The van der Waals surface area contributed by atoms with Gasteiger partial charge in [0.1, 0.15) is 0 Å². The molecule has 1 rings (SSSR count). The number of aliphatic hydroxyl groups excluding tert-OH is 1. The Morgan fingerprint density at radius 3 is 2.56 bits per heavy atom. The van der Waals surface area contributed by atoms with E-state index in [0.29, 0.717) is 18.7 Å². The largest absolute Gasteiger partial charge is 0.465 e. The fraction of sp³-hybridized carbons (Fsp3) is 0.417. The summed E-state index contributed by atoms with van der Waals surface area (Å²) in [6.07, 6.45) is -0.352. The molecule has 4 heteroatoms. The summed E-state index contributed by atoms with van der Waals surface area (Å²) in [5, 5.41) is 12.2. The van der Waals surface area contributed by atoms with E-state index in [4.69, 9.17) is 5.11 Å². The molecule has 0 aliphatic rings. The first-order valence-electron chi connectivity index (χ1n) is 5.19. The van der Waals surface area contributed by atoms with Crippen LogP contribution in [0.3, 0.4) is 0 Å². The molecular formula is C12H17NO3. The molecule has 0 heterocycles. The molecule has 0 amide bonds. The van der Waals surface area contributed by atoms with Gasteiger partial charge in [0, 0.05) is 13.1 Å². The van der Waals surface area contributed by atoms with Gasteiger partial charge in [-0.3, -0.25) is 0 Å². The molecule has 0 saturated heterocycles. The first-order chi connectivity index (χ1) is 7.63. The van der Waals surface area contributed by atoms with E-state index in [1.54, 1.807) is 19.1 Å². The summed E-state index contributed by atoms with van der Waals surface area (Å²) in [6, 6.07) is 7.18. The number of methoxy groups -OCH3 is 1. The Morgan fingerprint density at radius 2 is 2.06 bits per heavy atom. The average Bonchev–Trinajstić information content (AvgIpc) is 2.28. The van der Waals surface area contributed by atoms with Crippen LogP contribution in [0.15, 0.2) is 24.3 Å². The molecule has 0 radical (unpaired) electrons. The van der Waals surface area contributed by atoms with Crippen LogP contribution in [-0.2, 0) is 11.3 Å². The number of carbonyl (C=O) groups is 1. The Balaban J connectivity index is 2.48. The van der Waals surface area contributed by atoms with E-state index in [1.807, 2.05) is 12.1 Å². The predicted octanol–water partition coefficient (Wildman–Crippen LogP) is 0.944. The van der Waals surface area contributed by atoms with Gasteiger partial charge in [-0.25, -0.2) is 4.79 Å². The summed E-state index contributed by atoms with van der Waals surface area (Å²) in [6.45, 7) is 2.96. The van der Waals surface area contributed by atoms with Crippen LogP contribution in [0.4, 0.5) is 0 Å². The molecule has 0 fully saturated rings. The average molecular weight is 223 g/mol. The fourth-order valence-corrected chi connectivity index (χ4v) is 1.30. The Kier molecular flexibility index (Phi) is 4.95. The molecule has 0 aliphatic heterocycles. The van der Waals surface area contributed by atoms with E-state index in [1.165, 1.54) is 7.11 Å². The summed E-state index contributed by atoms with van der Waals surface area (Å²) in [5.74, 6) is -0.330. The molecular weight excluding hydrogens is 206 g/mol. The zero-order valence-corrected chi connectivity index (χ0v) is 9.56. The summed E-state index contributed by atoms with van der Waals surface area (Å²) in [5.41, 5.74) is 1.61. The van der Waals surface area contributed by atoms with Gasteiger partial charge >= 0.3 is 5.97 Å². The van der Waals surface area contributed by atoms with Gasteiger partial charge < -0.3 is 15.2 Å². The molecule has 0 aliphatic carbocycles. The molecule has 4 nitrogen and oxygen atoms in total. The third-order valence-electron chi connectivity index (χ3n) is 2.14. The second-order valence-corrected chi connectivity index (χ2v) is 3.67. The number of hydrogen-bond donors (Lipinski definition) is 2. The zero-order chi connectivity index (χ0) is 12.0. The van der Waals surface area contributed by atoms with Crippen LogP contribution < -0.4 is 5.32 Å². The van der Waals surface area contributed by atoms with Gasteiger partial charge in [-0.15, -0.1) is 0 Å². The van der Waals surface area contributed by atoms with Crippen LogP contribution in [0.2, 0.25) is 0 Å². The van der Waals surface area contributed by atoms with Crippen molar-refractivity contribution in [1.82, 2.24) is 5.32 Å². The van der Waals surface area contributed by atoms with Gasteiger partial charge in [-0.2, -0.15) is 0 Å². The number of esters is 1. The third-order valence-corrected chi connectivity index (χ3v) is 2.14. The highest BCUT2D eigenvalue weighted by atomic mass is 16.5. The van der Waals surface area contributed by atoms with Gasteiger partial charge in [0.05, 0.1) is 18.8 Å². The molecule has 0 bridgehead atoms. The highest BCUT2D eigenvalue weighted by molar-refractivity contribution is 5.89. The van der Waals surface area contributed by atoms with Crippen molar-refractivity contribution < 1.29 is 14.6 Å². The fourth-order valence-electron chi connectivity index (χ4n) is 1.30. The molecule has 1 unspecified atom stereocenters. The highest BCUT2D eigenvalue weighted by Gasteiger charge is 2.04. The number of ether oxygens (including phenoxy) is 1. The topological polar surface area (TPSA) is 58.6 Å². The number of hydrogen-bond acceptors (Lipinski definition) is 4. The standard InChI is InChI=1S/C12H17NO3/c1-9(14)7-13-8-10-3-5-11(6-4-10)12(15)16-2/h3-6,9,13-14H,7-8H2,1-2H3. The molecule has 1 aromatic rings. The molecule has 0 spiro atoms. The SMILES string of the molecule is COC(=O)c1ccc(CNCC(C)O)cc1. The maximum absolute atomic E-state index is 11.2. The minimum atomic E-state index is -0.352. The molecule has 1 atom stereocenters. The summed E-state index contributed by atoms with van der Waals surface area (Å²) in [4.78, 5) is 11.2. The van der Waals surface area contributed by atoms with Crippen molar-refractivity contribution >= 4 is 5.97 Å². The molecule has 2 N–H and O–H groups in total. The summed E-state index contributed by atoms with van der Waals surface area (Å²) >= 11 is 0. The first-order valence-corrected chi connectivity index (χ1v) is 5.19. The van der Waals surface area contributed by atoms with Crippen molar-refractivity contribution in [2.24, 2.45) is 0 Å². The molecule has 0 saturated carbocycles. The van der Waals surface area contributed by atoms with E-state index in [-0.39, 0.29) is 12.1 Å². The van der Waals surface area contributed by atoms with E-state index in [2.05, 4.69) is 10.1 Å². The lowest BCUT2D eigenvalue weighted by molar-refractivity contribution is 0.0600. The lowest BCUT2D eigenvalue weighted by Gasteiger charge is -2.07. The zero-order valence-electron chi connectivity index (χ0n) is 9.56. The van der Waals surface area contributed by atoms with E-state index in [9.17, 15) is 4.79 Å². The van der Waals surface area contributed by atoms with Gasteiger partial charge in [0.2, 0.25) is 0 Å². The number of carbonyl (C=O) groups excluding carboxylic acids is 1. The van der Waals surface area contributed by atoms with Crippen LogP contribution in [0.5, 0.6) is 0 Å². The monoisotopic (exact) mass is 223 g/mol. The van der Waals surface area contributed by atoms with Crippen LogP contribution in [0.25, 0.3) is 0 Å². The number of nitrogens with one attached hydrogen (secondary N) is 1. The van der Waals surface area contributed by atoms with Crippen LogP contribution in [0, 0.1) is 0 Å². The van der Waals surface area contributed by atoms with Crippen LogP contribution in [-0.4, -0.2) is 30.8 Å². The predicted molar refractivity (Wildman–Crippen MR) is 61.2 cm³/mol. The Bertz CT molecular complexity index is 333. The van der Waals surface area contributed by atoms with Crippen molar-refractivity contribution in [3.63, 3.8) is 0 Å².